The average Bonchev–Trinajstić information content (AvgIpc) is 3.14. The number of nitrogens with one attached hydrogen (secondary N) is 2. The number of hydrogen-bond donors (Lipinski definition) is 4. The molecule has 5 atom stereocenters. The first kappa shape index (κ1) is 18.9. The molecule has 0 aromatic carbocycles. The minimum absolute atomic E-state index is 0.171. The molecule has 3 fully saturated rings. The van der Waals surface area contributed by atoms with Crippen molar-refractivity contribution in [3.8, 4) is 0 Å². The highest BCUT2D eigenvalue weighted by atomic mass is 32.2. The zero-order valence-electron chi connectivity index (χ0n) is 13.5. The Morgan fingerprint density at radius 2 is 2.28 bits per heavy atom. The van der Waals surface area contributed by atoms with Crippen LogP contribution in [0.4, 0.5) is 4.79 Å². The fourth-order valence-electron chi connectivity index (χ4n) is 3.52. The average molecular weight is 394 g/mol. The highest BCUT2D eigenvalue weighted by molar-refractivity contribution is 7.80. The molecule has 25 heavy (non-hydrogen) atoms. The lowest BCUT2D eigenvalue weighted by Gasteiger charge is -2.29. The number of nitrogens with zero attached hydrogens (tertiary/aromatic N) is 2. The number of hydroxylamine groups is 3. The van der Waals surface area contributed by atoms with Gasteiger partial charge in [0.1, 0.15) is 6.04 Å². The third-order valence-corrected chi connectivity index (χ3v) is 5.60. The summed E-state index contributed by atoms with van der Waals surface area (Å²) in [5, 5.41) is 4.18. The fourth-order valence-corrected chi connectivity index (χ4v) is 4.12. The summed E-state index contributed by atoms with van der Waals surface area (Å²) in [6.45, 7) is 1.51. The summed E-state index contributed by atoms with van der Waals surface area (Å²) < 4.78 is 24.2. The molecular formula is C13H22N4O6S2. The molecule has 3 saturated heterocycles. The standard InChI is InChI=1S/C13H22N4O6S2/c18-12(15-22-6-9-3-8(7-24)4-14-9)11-2-1-10-5-16(11)13(19)17(10)23-25(20)21/h8-11,14,24H,1-7H2,(H,15,18)(H,20,21)/t8-,9+,10?,11?/m1/s1. The second kappa shape index (κ2) is 8.18. The van der Waals surface area contributed by atoms with E-state index in [1.807, 2.05) is 0 Å². The van der Waals surface area contributed by atoms with Crippen molar-refractivity contribution in [2.24, 2.45) is 5.92 Å². The Kier molecular flexibility index (Phi) is 6.17. The normalized spacial score (nSPS) is 33.0. The molecule has 0 radical (unpaired) electrons. The summed E-state index contributed by atoms with van der Waals surface area (Å²) in [7, 11) is 0. The Hall–Kier alpha value is -0.920. The van der Waals surface area contributed by atoms with Gasteiger partial charge in [0.05, 0.1) is 12.6 Å². The Morgan fingerprint density at radius 1 is 1.48 bits per heavy atom. The number of hydrogen-bond acceptors (Lipinski definition) is 7. The predicted octanol–water partition coefficient (Wildman–Crippen LogP) is -0.721. The van der Waals surface area contributed by atoms with Crippen LogP contribution in [0.2, 0.25) is 0 Å². The maximum absolute atomic E-state index is 12.3. The first-order valence-corrected chi connectivity index (χ1v) is 9.81. The summed E-state index contributed by atoms with van der Waals surface area (Å²) in [5.74, 6) is 0.920. The van der Waals surface area contributed by atoms with Crippen molar-refractivity contribution in [1.82, 2.24) is 20.8 Å². The lowest BCUT2D eigenvalue weighted by molar-refractivity contribution is -0.139. The van der Waals surface area contributed by atoms with Crippen LogP contribution < -0.4 is 10.8 Å². The van der Waals surface area contributed by atoms with Crippen molar-refractivity contribution in [1.29, 1.82) is 0 Å². The smallest absolute Gasteiger partial charge is 0.311 e. The summed E-state index contributed by atoms with van der Waals surface area (Å²) in [4.78, 5) is 31.2. The molecule has 2 bridgehead atoms. The number of carbonyl (C=O) groups excluding carboxylic acids is 2. The largest absolute Gasteiger partial charge is 0.346 e. The van der Waals surface area contributed by atoms with E-state index in [2.05, 4.69) is 27.7 Å². The summed E-state index contributed by atoms with van der Waals surface area (Å²) in [5.41, 5.74) is 2.41. The molecule has 3 heterocycles. The molecule has 3 aliphatic rings. The van der Waals surface area contributed by atoms with E-state index >= 15 is 0 Å². The van der Waals surface area contributed by atoms with Crippen molar-refractivity contribution in [3.63, 3.8) is 0 Å². The number of urea groups is 1. The Balaban J connectivity index is 1.47. The Labute approximate surface area is 153 Å². The summed E-state index contributed by atoms with van der Waals surface area (Å²) in [6, 6.07) is -1.41. The van der Waals surface area contributed by atoms with Crippen molar-refractivity contribution < 1.29 is 27.5 Å². The second-order valence-electron chi connectivity index (χ2n) is 6.47. The molecule has 10 nitrogen and oxygen atoms in total. The lowest BCUT2D eigenvalue weighted by Crippen LogP contribution is -2.50. The van der Waals surface area contributed by atoms with E-state index in [1.54, 1.807) is 0 Å². The van der Waals surface area contributed by atoms with E-state index < -0.39 is 29.3 Å². The van der Waals surface area contributed by atoms with Gasteiger partial charge in [-0.25, -0.2) is 10.3 Å². The topological polar surface area (TPSA) is 120 Å². The van der Waals surface area contributed by atoms with Crippen LogP contribution in [-0.4, -0.2) is 74.2 Å². The molecular weight excluding hydrogens is 372 g/mol. The number of carbonyl (C=O) groups is 2. The summed E-state index contributed by atoms with van der Waals surface area (Å²) >= 11 is 1.70. The molecule has 3 rings (SSSR count). The van der Waals surface area contributed by atoms with Crippen LogP contribution in [-0.2, 0) is 25.3 Å². The van der Waals surface area contributed by atoms with E-state index in [0.29, 0.717) is 25.4 Å². The second-order valence-corrected chi connectivity index (χ2v) is 7.41. The third kappa shape index (κ3) is 4.26. The number of thiol groups is 1. The number of fused-ring (bicyclic) bond motifs is 2. The minimum Gasteiger partial charge on any atom is -0.311 e. The van der Waals surface area contributed by atoms with Crippen LogP contribution in [0, 0.1) is 5.92 Å². The zero-order valence-corrected chi connectivity index (χ0v) is 15.2. The van der Waals surface area contributed by atoms with Crippen molar-refractivity contribution >= 4 is 35.9 Å². The van der Waals surface area contributed by atoms with Crippen molar-refractivity contribution in [3.05, 3.63) is 0 Å². The summed E-state index contributed by atoms with van der Waals surface area (Å²) in [6.07, 6.45) is 1.89. The van der Waals surface area contributed by atoms with Gasteiger partial charge in [0.25, 0.3) is 5.91 Å². The molecule has 3 amide bonds. The van der Waals surface area contributed by atoms with Crippen LogP contribution in [0.5, 0.6) is 0 Å². The molecule has 3 unspecified atom stereocenters. The first-order chi connectivity index (χ1) is 12.0. The Bertz CT molecular complexity index is 553. The number of amides is 3. The van der Waals surface area contributed by atoms with Gasteiger partial charge in [0.2, 0.25) is 0 Å². The number of rotatable bonds is 7. The first-order valence-electron chi connectivity index (χ1n) is 8.14. The third-order valence-electron chi connectivity index (χ3n) is 4.80. The van der Waals surface area contributed by atoms with Gasteiger partial charge in [-0.2, -0.15) is 21.9 Å². The van der Waals surface area contributed by atoms with Gasteiger partial charge in [-0.15, -0.1) is 4.28 Å². The van der Waals surface area contributed by atoms with Crippen LogP contribution in [0.3, 0.4) is 0 Å². The molecule has 0 spiro atoms. The molecule has 3 N–H and O–H groups in total. The molecule has 0 aromatic heterocycles. The highest BCUT2D eigenvalue weighted by Crippen LogP contribution is 2.30. The van der Waals surface area contributed by atoms with Crippen LogP contribution >= 0.6 is 12.6 Å². The van der Waals surface area contributed by atoms with Gasteiger partial charge in [-0.3, -0.25) is 14.2 Å². The minimum atomic E-state index is -2.58. The maximum atomic E-state index is 12.3. The molecule has 0 saturated carbocycles. The van der Waals surface area contributed by atoms with E-state index in [9.17, 15) is 13.8 Å². The van der Waals surface area contributed by atoms with E-state index in [0.717, 1.165) is 23.8 Å². The van der Waals surface area contributed by atoms with Gasteiger partial charge in [-0.1, -0.05) is 0 Å². The predicted molar refractivity (Wildman–Crippen MR) is 90.5 cm³/mol. The molecule has 3 aliphatic heterocycles. The highest BCUT2D eigenvalue weighted by Gasteiger charge is 2.48. The maximum Gasteiger partial charge on any atom is 0.346 e. The molecule has 142 valence electrons. The van der Waals surface area contributed by atoms with Crippen LogP contribution in [0.25, 0.3) is 0 Å². The van der Waals surface area contributed by atoms with Gasteiger partial charge < -0.3 is 10.2 Å². The van der Waals surface area contributed by atoms with Gasteiger partial charge in [0, 0.05) is 12.6 Å². The van der Waals surface area contributed by atoms with Crippen molar-refractivity contribution in [2.45, 2.75) is 37.4 Å². The fraction of sp³-hybridized carbons (Fsp3) is 0.846. The van der Waals surface area contributed by atoms with Crippen molar-refractivity contribution in [2.75, 3.05) is 25.4 Å². The van der Waals surface area contributed by atoms with E-state index in [1.165, 1.54) is 4.90 Å². The molecule has 0 aromatic rings. The van der Waals surface area contributed by atoms with Crippen LogP contribution in [0.1, 0.15) is 19.3 Å². The van der Waals surface area contributed by atoms with E-state index in [4.69, 9.17) is 9.39 Å². The van der Waals surface area contributed by atoms with Gasteiger partial charge >= 0.3 is 17.4 Å². The quantitative estimate of drug-likeness (QED) is 0.255. The van der Waals surface area contributed by atoms with Gasteiger partial charge in [-0.05, 0) is 37.5 Å². The van der Waals surface area contributed by atoms with Gasteiger partial charge in [0.15, 0.2) is 0 Å². The SMILES string of the molecule is O=C(NOC[C@@H]1C[C@@H](CS)CN1)C1CCC2CN1C(=O)N2OS(=O)O. The van der Waals surface area contributed by atoms with E-state index in [-0.39, 0.29) is 18.6 Å². The zero-order chi connectivity index (χ0) is 18.0. The molecule has 12 heteroatoms. The lowest BCUT2D eigenvalue weighted by atomic mass is 10.0. The Morgan fingerprint density at radius 3 is 2.96 bits per heavy atom. The monoisotopic (exact) mass is 394 g/mol. The number of piperidine rings is 1. The van der Waals surface area contributed by atoms with Crippen LogP contribution in [0.15, 0.2) is 0 Å². The molecule has 0 aliphatic carbocycles.